The first-order valence-electron chi connectivity index (χ1n) is 9.58. The van der Waals surface area contributed by atoms with Gasteiger partial charge in [0.1, 0.15) is 5.71 Å². The number of halogens is 3. The maximum atomic E-state index is 13.1. The lowest BCUT2D eigenvalue weighted by molar-refractivity contribution is -0.120. The first-order valence-corrected chi connectivity index (χ1v) is 11.9. The fourth-order valence-electron chi connectivity index (χ4n) is 3.81. The highest BCUT2D eigenvalue weighted by atomic mass is 79.9. The minimum Gasteiger partial charge on any atom is -0.284 e. The summed E-state index contributed by atoms with van der Waals surface area (Å²) >= 11 is 17.8. The summed E-state index contributed by atoms with van der Waals surface area (Å²) in [5.74, 6) is -0.246. The van der Waals surface area contributed by atoms with Crippen LogP contribution in [0.3, 0.4) is 0 Å². The number of hydrazone groups is 1. The molecular formula is C20H21BrCl2N4OS. The van der Waals surface area contributed by atoms with Gasteiger partial charge in [-0.3, -0.25) is 15.2 Å². The number of benzene rings is 1. The molecule has 1 amide bonds. The molecule has 3 heterocycles. The van der Waals surface area contributed by atoms with Crippen LogP contribution in [-0.2, 0) is 4.79 Å². The minimum absolute atomic E-state index is 0.0999. The van der Waals surface area contributed by atoms with Gasteiger partial charge in [-0.25, -0.2) is 5.01 Å². The van der Waals surface area contributed by atoms with E-state index < -0.39 is 0 Å². The van der Waals surface area contributed by atoms with Crippen LogP contribution in [0.25, 0.3) is 0 Å². The number of piperidine rings is 1. The molecule has 5 nitrogen and oxygen atoms in total. The van der Waals surface area contributed by atoms with Crippen LogP contribution in [-0.4, -0.2) is 29.7 Å². The molecule has 0 aliphatic carbocycles. The largest absolute Gasteiger partial charge is 0.284 e. The smallest absolute Gasteiger partial charge is 0.282 e. The van der Waals surface area contributed by atoms with Crippen LogP contribution in [0.2, 0.25) is 10.0 Å². The predicted octanol–water partition coefficient (Wildman–Crippen LogP) is 5.89. The highest BCUT2D eigenvalue weighted by Gasteiger charge is 2.41. The predicted molar refractivity (Wildman–Crippen MR) is 124 cm³/mol. The van der Waals surface area contributed by atoms with Crippen molar-refractivity contribution in [3.63, 3.8) is 0 Å². The first-order chi connectivity index (χ1) is 13.9. The van der Waals surface area contributed by atoms with Gasteiger partial charge in [-0.2, -0.15) is 5.10 Å². The Hall–Kier alpha value is -1.12. The van der Waals surface area contributed by atoms with Crippen molar-refractivity contribution in [1.29, 1.82) is 0 Å². The zero-order chi connectivity index (χ0) is 20.5. The third kappa shape index (κ3) is 4.49. The monoisotopic (exact) mass is 514 g/mol. The molecule has 0 spiro atoms. The summed E-state index contributed by atoms with van der Waals surface area (Å²) in [6.07, 6.45) is 3.41. The third-order valence-electron chi connectivity index (χ3n) is 5.27. The van der Waals surface area contributed by atoms with Gasteiger partial charge in [0.2, 0.25) is 0 Å². The molecule has 0 bridgehead atoms. The normalized spacial score (nSPS) is 22.6. The molecule has 4 rings (SSSR count). The van der Waals surface area contributed by atoms with Crippen LogP contribution in [0.5, 0.6) is 0 Å². The second kappa shape index (κ2) is 8.94. The number of nitrogens with zero attached hydrogens (tertiary/aromatic N) is 3. The SMILES string of the molecule is C[C@H]1C(C(=O)NN2CCCCC2)=NN(c2ccc(Cl)cc2Cl)[C@@H]1c1ccc(Br)s1. The fourth-order valence-corrected chi connectivity index (χ4v) is 5.92. The molecule has 2 aliphatic rings. The van der Waals surface area contributed by atoms with Crippen LogP contribution in [0.4, 0.5) is 5.69 Å². The van der Waals surface area contributed by atoms with Crippen LogP contribution < -0.4 is 10.4 Å². The van der Waals surface area contributed by atoms with Crippen molar-refractivity contribution in [3.8, 4) is 0 Å². The van der Waals surface area contributed by atoms with Gasteiger partial charge in [-0.15, -0.1) is 11.3 Å². The van der Waals surface area contributed by atoms with Crippen LogP contribution >= 0.6 is 50.5 Å². The molecule has 2 atom stereocenters. The van der Waals surface area contributed by atoms with Gasteiger partial charge in [-0.1, -0.05) is 36.5 Å². The highest BCUT2D eigenvalue weighted by Crippen LogP contribution is 2.44. The zero-order valence-corrected chi connectivity index (χ0v) is 19.8. The summed E-state index contributed by atoms with van der Waals surface area (Å²) in [6.45, 7) is 3.79. The third-order valence-corrected chi connectivity index (χ3v) is 7.51. The summed E-state index contributed by atoms with van der Waals surface area (Å²) in [7, 11) is 0. The molecule has 0 radical (unpaired) electrons. The fraction of sp³-hybridized carbons (Fsp3) is 0.400. The Morgan fingerprint density at radius 3 is 2.62 bits per heavy atom. The van der Waals surface area contributed by atoms with E-state index in [-0.39, 0.29) is 17.9 Å². The van der Waals surface area contributed by atoms with Crippen LogP contribution in [0.15, 0.2) is 39.2 Å². The molecule has 1 saturated heterocycles. The molecule has 2 aromatic rings. The maximum absolute atomic E-state index is 13.1. The first kappa shape index (κ1) is 21.1. The number of amides is 1. The number of carbonyl (C=O) groups excluding carboxylic acids is 1. The quantitative estimate of drug-likeness (QED) is 0.552. The van der Waals surface area contributed by atoms with E-state index >= 15 is 0 Å². The van der Waals surface area contributed by atoms with Crippen LogP contribution in [0.1, 0.15) is 37.1 Å². The maximum Gasteiger partial charge on any atom is 0.282 e. The summed E-state index contributed by atoms with van der Waals surface area (Å²) in [5.41, 5.74) is 4.29. The van der Waals surface area contributed by atoms with Gasteiger partial charge < -0.3 is 0 Å². The average Bonchev–Trinajstić information content (AvgIpc) is 3.25. The van der Waals surface area contributed by atoms with E-state index in [0.717, 1.165) is 40.3 Å². The number of anilines is 1. The lowest BCUT2D eigenvalue weighted by atomic mass is 9.95. The molecule has 9 heteroatoms. The Labute approximate surface area is 192 Å². The lowest BCUT2D eigenvalue weighted by Crippen LogP contribution is -2.48. The van der Waals surface area contributed by atoms with E-state index in [0.29, 0.717) is 15.8 Å². The average molecular weight is 516 g/mol. The van der Waals surface area contributed by atoms with Crippen molar-refractivity contribution in [3.05, 3.63) is 49.0 Å². The number of thiophene rings is 1. The van der Waals surface area contributed by atoms with E-state index in [2.05, 4.69) is 27.4 Å². The molecule has 29 heavy (non-hydrogen) atoms. The van der Waals surface area contributed by atoms with Gasteiger partial charge in [0.25, 0.3) is 5.91 Å². The van der Waals surface area contributed by atoms with Crippen molar-refractivity contribution >= 4 is 67.8 Å². The number of hydrazine groups is 1. The molecule has 1 N–H and O–H groups in total. The van der Waals surface area contributed by atoms with Crippen molar-refractivity contribution in [2.75, 3.05) is 18.1 Å². The van der Waals surface area contributed by atoms with Gasteiger partial charge >= 0.3 is 0 Å². The molecule has 154 valence electrons. The molecular weight excluding hydrogens is 495 g/mol. The Kier molecular flexibility index (Phi) is 6.51. The molecule has 1 aromatic carbocycles. The minimum atomic E-state index is -0.146. The van der Waals surface area contributed by atoms with E-state index in [1.54, 1.807) is 23.5 Å². The Bertz CT molecular complexity index is 944. The number of hydrogen-bond donors (Lipinski definition) is 1. The number of rotatable bonds is 4. The number of hydrogen-bond acceptors (Lipinski definition) is 5. The number of nitrogens with one attached hydrogen (secondary N) is 1. The van der Waals surface area contributed by atoms with Crippen molar-refractivity contribution in [2.24, 2.45) is 11.0 Å². The van der Waals surface area contributed by atoms with E-state index in [1.807, 2.05) is 29.1 Å². The number of carbonyl (C=O) groups is 1. The second-order valence-corrected chi connectivity index (χ2v) is 10.6. The Morgan fingerprint density at radius 2 is 1.97 bits per heavy atom. The highest BCUT2D eigenvalue weighted by molar-refractivity contribution is 9.11. The molecule has 1 fully saturated rings. The Morgan fingerprint density at radius 1 is 1.21 bits per heavy atom. The molecule has 0 saturated carbocycles. The van der Waals surface area contributed by atoms with Crippen molar-refractivity contribution in [1.82, 2.24) is 10.4 Å². The molecule has 1 aromatic heterocycles. The summed E-state index contributed by atoms with van der Waals surface area (Å²) < 4.78 is 1.04. The van der Waals surface area contributed by atoms with E-state index in [9.17, 15) is 4.79 Å². The van der Waals surface area contributed by atoms with E-state index in [1.165, 1.54) is 6.42 Å². The van der Waals surface area contributed by atoms with Gasteiger partial charge in [0, 0.05) is 28.9 Å². The van der Waals surface area contributed by atoms with Crippen molar-refractivity contribution < 1.29 is 4.79 Å². The lowest BCUT2D eigenvalue weighted by Gasteiger charge is -2.27. The van der Waals surface area contributed by atoms with Gasteiger partial charge in [0.15, 0.2) is 0 Å². The summed E-state index contributed by atoms with van der Waals surface area (Å²) in [6, 6.07) is 9.30. The second-order valence-electron chi connectivity index (χ2n) is 7.29. The summed E-state index contributed by atoms with van der Waals surface area (Å²) in [5, 5.41) is 9.66. The Balaban J connectivity index is 1.67. The van der Waals surface area contributed by atoms with E-state index in [4.69, 9.17) is 28.3 Å². The molecule has 0 unspecified atom stereocenters. The molecule has 2 aliphatic heterocycles. The van der Waals surface area contributed by atoms with Gasteiger partial charge in [-0.05, 0) is 59.1 Å². The standard InChI is InChI=1S/C20H21BrCl2N4OS/c1-12-18(20(28)25-26-9-3-2-4-10-26)24-27(15-6-5-13(22)11-14(15)23)19(12)16-7-8-17(21)29-16/h5-8,11-12,19H,2-4,9-10H2,1H3,(H,25,28)/t12-,19-/m0/s1. The van der Waals surface area contributed by atoms with Gasteiger partial charge in [0.05, 0.1) is 20.5 Å². The van der Waals surface area contributed by atoms with Crippen LogP contribution in [0, 0.1) is 5.92 Å². The van der Waals surface area contributed by atoms with Crippen molar-refractivity contribution in [2.45, 2.75) is 32.2 Å². The zero-order valence-electron chi connectivity index (χ0n) is 15.9. The summed E-state index contributed by atoms with van der Waals surface area (Å²) in [4.78, 5) is 14.2. The topological polar surface area (TPSA) is 47.9 Å².